The molecule has 0 amide bonds. The summed E-state index contributed by atoms with van der Waals surface area (Å²) >= 11 is 0. The third-order valence-corrected chi connectivity index (χ3v) is 5.00. The summed E-state index contributed by atoms with van der Waals surface area (Å²) in [5.41, 5.74) is 0.682. The SMILES string of the molecule is FC(F)Cn1ccc2c(OC3CCN(Cc4nnc(C(F)(F)F)o4)CC3)cccc21. The number of halogens is 5. The number of rotatable bonds is 6. The van der Waals surface area contributed by atoms with Gasteiger partial charge in [0, 0.05) is 24.7 Å². The van der Waals surface area contributed by atoms with E-state index in [2.05, 4.69) is 14.6 Å². The van der Waals surface area contributed by atoms with Crippen LogP contribution in [0.25, 0.3) is 10.9 Å². The van der Waals surface area contributed by atoms with E-state index in [9.17, 15) is 22.0 Å². The minimum Gasteiger partial charge on any atom is -0.490 e. The molecule has 0 spiro atoms. The van der Waals surface area contributed by atoms with Crippen LogP contribution in [0.2, 0.25) is 0 Å². The van der Waals surface area contributed by atoms with E-state index < -0.39 is 18.5 Å². The maximum Gasteiger partial charge on any atom is 0.470 e. The number of aromatic nitrogens is 3. The van der Waals surface area contributed by atoms with E-state index in [0.29, 0.717) is 37.2 Å². The summed E-state index contributed by atoms with van der Waals surface area (Å²) in [7, 11) is 0. The topological polar surface area (TPSA) is 56.3 Å². The Bertz CT molecular complexity index is 992. The molecule has 11 heteroatoms. The molecule has 30 heavy (non-hydrogen) atoms. The van der Waals surface area contributed by atoms with Crippen molar-refractivity contribution < 1.29 is 31.1 Å². The van der Waals surface area contributed by atoms with E-state index in [4.69, 9.17) is 4.74 Å². The molecule has 162 valence electrons. The van der Waals surface area contributed by atoms with Crippen molar-refractivity contribution in [3.63, 3.8) is 0 Å². The molecule has 0 N–H and O–H groups in total. The van der Waals surface area contributed by atoms with Crippen LogP contribution in [0.1, 0.15) is 24.6 Å². The van der Waals surface area contributed by atoms with Crippen molar-refractivity contribution in [2.45, 2.75) is 44.6 Å². The fourth-order valence-electron chi connectivity index (χ4n) is 3.59. The van der Waals surface area contributed by atoms with Gasteiger partial charge in [0.1, 0.15) is 11.9 Å². The summed E-state index contributed by atoms with van der Waals surface area (Å²) in [4.78, 5) is 1.92. The first kappa shape index (κ1) is 20.6. The van der Waals surface area contributed by atoms with Crippen LogP contribution in [-0.2, 0) is 19.3 Å². The molecule has 0 unspecified atom stereocenters. The third kappa shape index (κ3) is 4.55. The Balaban J connectivity index is 1.35. The molecule has 3 heterocycles. The van der Waals surface area contributed by atoms with E-state index in [1.165, 1.54) is 4.57 Å². The normalized spacial score (nSPS) is 16.6. The highest BCUT2D eigenvalue weighted by Crippen LogP contribution is 2.30. The summed E-state index contributed by atoms with van der Waals surface area (Å²) in [6.07, 6.45) is -4.24. The fraction of sp³-hybridized carbons (Fsp3) is 0.474. The maximum atomic E-state index is 12.7. The van der Waals surface area contributed by atoms with E-state index in [1.807, 2.05) is 4.90 Å². The second kappa shape index (κ2) is 8.21. The van der Waals surface area contributed by atoms with Crippen LogP contribution in [0.15, 0.2) is 34.9 Å². The van der Waals surface area contributed by atoms with Gasteiger partial charge in [0.05, 0.1) is 18.6 Å². The molecule has 4 rings (SSSR count). The summed E-state index contributed by atoms with van der Waals surface area (Å²) in [6, 6.07) is 7.10. The lowest BCUT2D eigenvalue weighted by atomic mass is 10.1. The summed E-state index contributed by atoms with van der Waals surface area (Å²) in [6.45, 7) is 0.951. The number of nitrogens with zero attached hydrogens (tertiary/aromatic N) is 4. The Labute approximate surface area is 168 Å². The van der Waals surface area contributed by atoms with Crippen molar-refractivity contribution in [2.75, 3.05) is 13.1 Å². The van der Waals surface area contributed by atoms with Gasteiger partial charge in [0.2, 0.25) is 5.89 Å². The first-order valence-electron chi connectivity index (χ1n) is 9.44. The van der Waals surface area contributed by atoms with Gasteiger partial charge in [-0.25, -0.2) is 8.78 Å². The number of likely N-dealkylation sites (tertiary alicyclic amines) is 1. The zero-order valence-electron chi connectivity index (χ0n) is 15.8. The molecule has 1 aliphatic rings. The summed E-state index contributed by atoms with van der Waals surface area (Å²) in [5, 5.41) is 7.26. The molecule has 3 aromatic rings. The Morgan fingerprint density at radius 1 is 1.13 bits per heavy atom. The number of piperidine rings is 1. The van der Waals surface area contributed by atoms with Crippen molar-refractivity contribution >= 4 is 10.9 Å². The lowest BCUT2D eigenvalue weighted by molar-refractivity contribution is -0.157. The van der Waals surface area contributed by atoms with Gasteiger partial charge in [0.15, 0.2) is 0 Å². The maximum absolute atomic E-state index is 12.7. The molecule has 0 bridgehead atoms. The van der Waals surface area contributed by atoms with Gasteiger partial charge in [-0.3, -0.25) is 4.90 Å². The lowest BCUT2D eigenvalue weighted by Crippen LogP contribution is -2.37. The highest BCUT2D eigenvalue weighted by atomic mass is 19.4. The van der Waals surface area contributed by atoms with Gasteiger partial charge < -0.3 is 13.7 Å². The van der Waals surface area contributed by atoms with Crippen LogP contribution in [0.4, 0.5) is 22.0 Å². The number of hydrogen-bond acceptors (Lipinski definition) is 5. The van der Waals surface area contributed by atoms with Crippen molar-refractivity contribution in [1.82, 2.24) is 19.7 Å². The van der Waals surface area contributed by atoms with E-state index in [0.717, 1.165) is 5.39 Å². The standard InChI is InChI=1S/C19H19F5N4O2/c20-16(21)10-28-9-6-13-14(28)2-1-3-15(13)29-12-4-7-27(8-5-12)11-17-25-26-18(30-17)19(22,23)24/h1-3,6,9,12,16H,4-5,7-8,10-11H2. The largest absolute Gasteiger partial charge is 0.490 e. The molecular weight excluding hydrogens is 411 g/mol. The van der Waals surface area contributed by atoms with E-state index in [1.54, 1.807) is 30.5 Å². The zero-order valence-corrected chi connectivity index (χ0v) is 15.8. The number of benzene rings is 1. The van der Waals surface area contributed by atoms with Gasteiger partial charge >= 0.3 is 12.1 Å². The van der Waals surface area contributed by atoms with Crippen LogP contribution in [0, 0.1) is 0 Å². The second-order valence-electron chi connectivity index (χ2n) is 7.14. The Hall–Kier alpha value is -2.69. The molecular formula is C19H19F5N4O2. The second-order valence-corrected chi connectivity index (χ2v) is 7.14. The van der Waals surface area contributed by atoms with Crippen LogP contribution in [-0.4, -0.2) is 45.3 Å². The third-order valence-electron chi connectivity index (χ3n) is 5.00. The minimum atomic E-state index is -4.65. The number of ether oxygens (including phenoxy) is 1. The van der Waals surface area contributed by atoms with Crippen LogP contribution in [0.3, 0.4) is 0 Å². The van der Waals surface area contributed by atoms with E-state index >= 15 is 0 Å². The molecule has 1 aromatic carbocycles. The molecule has 2 aromatic heterocycles. The molecule has 0 aliphatic carbocycles. The van der Waals surface area contributed by atoms with Crippen molar-refractivity contribution in [3.8, 4) is 5.75 Å². The van der Waals surface area contributed by atoms with Crippen molar-refractivity contribution in [1.29, 1.82) is 0 Å². The van der Waals surface area contributed by atoms with Crippen LogP contribution >= 0.6 is 0 Å². The van der Waals surface area contributed by atoms with Gasteiger partial charge in [-0.05, 0) is 31.0 Å². The highest BCUT2D eigenvalue weighted by molar-refractivity contribution is 5.86. The number of alkyl halides is 5. The molecule has 1 fully saturated rings. The van der Waals surface area contributed by atoms with Gasteiger partial charge in [0.25, 0.3) is 6.43 Å². The van der Waals surface area contributed by atoms with Gasteiger partial charge in [-0.2, -0.15) is 13.2 Å². The smallest absolute Gasteiger partial charge is 0.470 e. The molecule has 1 aliphatic heterocycles. The predicted molar refractivity (Wildman–Crippen MR) is 96.2 cm³/mol. The van der Waals surface area contributed by atoms with Crippen LogP contribution in [0.5, 0.6) is 5.75 Å². The zero-order chi connectivity index (χ0) is 21.3. The molecule has 0 atom stereocenters. The number of fused-ring (bicyclic) bond motifs is 1. The summed E-state index contributed by atoms with van der Waals surface area (Å²) in [5.74, 6) is -0.792. The molecule has 0 saturated carbocycles. The first-order chi connectivity index (χ1) is 14.3. The highest BCUT2D eigenvalue weighted by Gasteiger charge is 2.38. The Morgan fingerprint density at radius 3 is 2.57 bits per heavy atom. The van der Waals surface area contributed by atoms with Crippen molar-refractivity contribution in [2.24, 2.45) is 0 Å². The van der Waals surface area contributed by atoms with Crippen molar-refractivity contribution in [3.05, 3.63) is 42.2 Å². The predicted octanol–water partition coefficient (Wildman–Crippen LogP) is 4.35. The number of hydrogen-bond donors (Lipinski definition) is 0. The summed E-state index contributed by atoms with van der Waals surface area (Å²) < 4.78 is 75.4. The van der Waals surface area contributed by atoms with Crippen LogP contribution < -0.4 is 4.74 Å². The molecule has 6 nitrogen and oxygen atoms in total. The molecule has 0 radical (unpaired) electrons. The average Bonchev–Trinajstić information content (AvgIpc) is 3.31. The van der Waals surface area contributed by atoms with Gasteiger partial charge in [-0.1, -0.05) is 6.07 Å². The first-order valence-corrected chi connectivity index (χ1v) is 9.44. The minimum absolute atomic E-state index is 0.0770. The quantitative estimate of drug-likeness (QED) is 0.545. The lowest BCUT2D eigenvalue weighted by Gasteiger charge is -2.31. The Kier molecular flexibility index (Phi) is 5.63. The van der Waals surface area contributed by atoms with E-state index in [-0.39, 0.29) is 25.1 Å². The van der Waals surface area contributed by atoms with Gasteiger partial charge in [-0.15, -0.1) is 10.2 Å². The molecule has 1 saturated heterocycles. The average molecular weight is 430 g/mol. The fourth-order valence-corrected chi connectivity index (χ4v) is 3.59. The monoisotopic (exact) mass is 430 g/mol. The Morgan fingerprint density at radius 2 is 1.90 bits per heavy atom.